The maximum Gasteiger partial charge on any atom is 0.263 e. The lowest BCUT2D eigenvalue weighted by Crippen LogP contribution is -2.15. The van der Waals surface area contributed by atoms with Gasteiger partial charge in [0, 0.05) is 23.8 Å². The van der Waals surface area contributed by atoms with Gasteiger partial charge in [0.1, 0.15) is 4.90 Å². The Bertz CT molecular complexity index is 939. The number of hydrogen-bond donors (Lipinski definition) is 2. The second kappa shape index (κ2) is 5.02. The van der Waals surface area contributed by atoms with E-state index in [1.54, 1.807) is 36.5 Å². The van der Waals surface area contributed by atoms with Crippen molar-refractivity contribution in [2.45, 2.75) is 4.90 Å². The Morgan fingerprint density at radius 1 is 1.05 bits per heavy atom. The molecule has 2 heterocycles. The van der Waals surface area contributed by atoms with E-state index in [1.165, 1.54) is 12.1 Å². The highest BCUT2D eigenvalue weighted by atomic mass is 32.2. The quantitative estimate of drug-likeness (QED) is 0.770. The first kappa shape index (κ1) is 13.3. The highest BCUT2D eigenvalue weighted by Crippen LogP contribution is 2.23. The predicted octanol–water partition coefficient (Wildman–Crippen LogP) is 1.72. The van der Waals surface area contributed by atoms with Crippen molar-refractivity contribution < 1.29 is 8.42 Å². The molecule has 3 aromatic rings. The summed E-state index contributed by atoms with van der Waals surface area (Å²) in [7, 11) is -3.77. The first-order valence-corrected chi connectivity index (χ1v) is 7.60. The van der Waals surface area contributed by atoms with Crippen molar-refractivity contribution in [3.63, 3.8) is 0 Å². The number of anilines is 1. The molecular weight excluding hydrogens is 290 g/mol. The number of H-pyrrole nitrogens is 1. The number of benzene rings is 1. The molecule has 0 saturated heterocycles. The van der Waals surface area contributed by atoms with Crippen molar-refractivity contribution >= 4 is 26.6 Å². The third-order valence-electron chi connectivity index (χ3n) is 2.96. The zero-order valence-corrected chi connectivity index (χ0v) is 11.6. The van der Waals surface area contributed by atoms with Gasteiger partial charge < -0.3 is 4.98 Å². The number of pyridine rings is 2. The summed E-state index contributed by atoms with van der Waals surface area (Å²) in [6, 6.07) is 11.1. The lowest BCUT2D eigenvalue weighted by molar-refractivity contribution is 0.601. The summed E-state index contributed by atoms with van der Waals surface area (Å²) in [4.78, 5) is 17.5. The van der Waals surface area contributed by atoms with Gasteiger partial charge in [-0.3, -0.25) is 14.5 Å². The van der Waals surface area contributed by atoms with Crippen molar-refractivity contribution in [1.29, 1.82) is 0 Å². The molecule has 2 N–H and O–H groups in total. The molecule has 0 atom stereocenters. The molecule has 0 radical (unpaired) electrons. The van der Waals surface area contributed by atoms with Gasteiger partial charge >= 0.3 is 0 Å². The summed E-state index contributed by atoms with van der Waals surface area (Å²) in [5, 5.41) is 0.702. The Morgan fingerprint density at radius 3 is 2.67 bits per heavy atom. The number of rotatable bonds is 3. The average Bonchev–Trinajstić information content (AvgIpc) is 2.48. The van der Waals surface area contributed by atoms with Crippen LogP contribution < -0.4 is 10.3 Å². The van der Waals surface area contributed by atoms with E-state index in [0.29, 0.717) is 16.6 Å². The van der Waals surface area contributed by atoms with Gasteiger partial charge in [0.2, 0.25) is 5.56 Å². The predicted molar refractivity (Wildman–Crippen MR) is 79.6 cm³/mol. The summed E-state index contributed by atoms with van der Waals surface area (Å²) >= 11 is 0. The molecule has 0 aliphatic carbocycles. The normalized spacial score (nSPS) is 11.4. The molecule has 7 heteroatoms. The lowest BCUT2D eigenvalue weighted by atomic mass is 10.2. The number of hydrogen-bond acceptors (Lipinski definition) is 4. The van der Waals surface area contributed by atoms with Crippen LogP contribution >= 0.6 is 0 Å². The van der Waals surface area contributed by atoms with Crippen LogP contribution in [0.2, 0.25) is 0 Å². The molecule has 0 unspecified atom stereocenters. The van der Waals surface area contributed by atoms with Gasteiger partial charge in [0.05, 0.1) is 11.2 Å². The van der Waals surface area contributed by atoms with E-state index in [4.69, 9.17) is 0 Å². The van der Waals surface area contributed by atoms with Crippen LogP contribution in [-0.2, 0) is 10.0 Å². The summed E-state index contributed by atoms with van der Waals surface area (Å²) in [6.07, 6.45) is 2.80. The van der Waals surface area contributed by atoms with E-state index in [1.807, 2.05) is 0 Å². The molecule has 1 aromatic carbocycles. The van der Waals surface area contributed by atoms with Crippen molar-refractivity contribution in [2.75, 3.05) is 4.72 Å². The molecule has 2 aromatic heterocycles. The molecule has 0 fully saturated rings. The van der Waals surface area contributed by atoms with Gasteiger partial charge in [0.25, 0.3) is 10.0 Å². The zero-order chi connectivity index (χ0) is 14.9. The second-order valence-electron chi connectivity index (χ2n) is 4.37. The Morgan fingerprint density at radius 2 is 1.90 bits per heavy atom. The first-order chi connectivity index (χ1) is 10.1. The SMILES string of the molecule is O=c1ccc(S(=O)(=O)Nc2cccc3ncccc23)c[nH]1. The minimum atomic E-state index is -3.77. The molecule has 0 aliphatic rings. The smallest absolute Gasteiger partial charge is 0.263 e. The van der Waals surface area contributed by atoms with Crippen molar-refractivity contribution in [3.05, 3.63) is 65.2 Å². The molecule has 106 valence electrons. The zero-order valence-electron chi connectivity index (χ0n) is 10.8. The van der Waals surface area contributed by atoms with Gasteiger partial charge in [0.15, 0.2) is 0 Å². The van der Waals surface area contributed by atoms with Crippen LogP contribution in [0.15, 0.2) is 64.5 Å². The minimum absolute atomic E-state index is 0.0111. The molecule has 0 bridgehead atoms. The van der Waals surface area contributed by atoms with Crippen molar-refractivity contribution in [1.82, 2.24) is 9.97 Å². The van der Waals surface area contributed by atoms with Crippen LogP contribution in [-0.4, -0.2) is 18.4 Å². The third kappa shape index (κ3) is 2.63. The van der Waals surface area contributed by atoms with Crippen LogP contribution in [0.1, 0.15) is 0 Å². The summed E-state index contributed by atoms with van der Waals surface area (Å²) in [5.41, 5.74) is 0.772. The van der Waals surface area contributed by atoms with Gasteiger partial charge in [-0.05, 0) is 30.3 Å². The van der Waals surface area contributed by atoms with E-state index in [-0.39, 0.29) is 10.5 Å². The maximum absolute atomic E-state index is 12.3. The summed E-state index contributed by atoms with van der Waals surface area (Å²) in [5.74, 6) is 0. The van der Waals surface area contributed by atoms with E-state index in [2.05, 4.69) is 14.7 Å². The Hall–Kier alpha value is -2.67. The van der Waals surface area contributed by atoms with Crippen LogP contribution in [0.4, 0.5) is 5.69 Å². The van der Waals surface area contributed by atoms with Gasteiger partial charge in [-0.1, -0.05) is 6.07 Å². The Balaban J connectivity index is 2.05. The van der Waals surface area contributed by atoms with Crippen molar-refractivity contribution in [3.8, 4) is 0 Å². The average molecular weight is 301 g/mol. The van der Waals surface area contributed by atoms with Crippen LogP contribution in [0.25, 0.3) is 10.9 Å². The fraction of sp³-hybridized carbons (Fsp3) is 0. The standard InChI is InChI=1S/C14H11N3O3S/c18-14-7-6-10(9-16-14)21(19,20)17-13-5-1-4-12-11(13)3-2-8-15-12/h1-9,17H,(H,16,18). The largest absolute Gasteiger partial charge is 0.328 e. The highest BCUT2D eigenvalue weighted by molar-refractivity contribution is 7.92. The number of fused-ring (bicyclic) bond motifs is 1. The van der Waals surface area contributed by atoms with E-state index < -0.39 is 10.0 Å². The number of aromatic nitrogens is 2. The van der Waals surface area contributed by atoms with E-state index >= 15 is 0 Å². The van der Waals surface area contributed by atoms with Gasteiger partial charge in [-0.2, -0.15) is 0 Å². The molecule has 3 rings (SSSR count). The molecule has 6 nitrogen and oxygen atoms in total. The summed E-state index contributed by atoms with van der Waals surface area (Å²) < 4.78 is 27.1. The fourth-order valence-electron chi connectivity index (χ4n) is 1.96. The maximum atomic E-state index is 12.3. The fourth-order valence-corrected chi connectivity index (χ4v) is 3.01. The van der Waals surface area contributed by atoms with Gasteiger partial charge in [-0.25, -0.2) is 8.42 Å². The number of aromatic amines is 1. The number of nitrogens with one attached hydrogen (secondary N) is 2. The summed E-state index contributed by atoms with van der Waals surface area (Å²) in [6.45, 7) is 0. The van der Waals surface area contributed by atoms with Gasteiger partial charge in [-0.15, -0.1) is 0 Å². The van der Waals surface area contributed by atoms with E-state index in [9.17, 15) is 13.2 Å². The third-order valence-corrected chi connectivity index (χ3v) is 4.32. The van der Waals surface area contributed by atoms with Crippen LogP contribution in [0, 0.1) is 0 Å². The Kier molecular flexibility index (Phi) is 3.19. The number of nitrogens with zero attached hydrogens (tertiary/aromatic N) is 1. The highest BCUT2D eigenvalue weighted by Gasteiger charge is 2.15. The van der Waals surface area contributed by atoms with Crippen LogP contribution in [0.3, 0.4) is 0 Å². The molecular formula is C14H11N3O3S. The minimum Gasteiger partial charge on any atom is -0.328 e. The molecule has 0 saturated carbocycles. The molecule has 0 aliphatic heterocycles. The molecule has 0 spiro atoms. The molecule has 21 heavy (non-hydrogen) atoms. The van der Waals surface area contributed by atoms with E-state index in [0.717, 1.165) is 6.20 Å². The van der Waals surface area contributed by atoms with Crippen LogP contribution in [0.5, 0.6) is 0 Å². The number of sulfonamides is 1. The monoisotopic (exact) mass is 301 g/mol. The topological polar surface area (TPSA) is 91.9 Å². The Labute approximate surface area is 120 Å². The van der Waals surface area contributed by atoms with Crippen molar-refractivity contribution in [2.24, 2.45) is 0 Å². The second-order valence-corrected chi connectivity index (χ2v) is 6.05. The lowest BCUT2D eigenvalue weighted by Gasteiger charge is -2.10. The first-order valence-electron chi connectivity index (χ1n) is 6.11. The molecule has 0 amide bonds.